The molecule has 0 amide bonds. The third kappa shape index (κ3) is 2.82. The Bertz CT molecular complexity index is 778. The summed E-state index contributed by atoms with van der Waals surface area (Å²) in [5.41, 5.74) is 1.93. The van der Waals surface area contributed by atoms with Crippen LogP contribution in [0.3, 0.4) is 0 Å². The molecule has 1 aliphatic rings. The van der Waals surface area contributed by atoms with Gasteiger partial charge in [-0.25, -0.2) is 0 Å². The lowest BCUT2D eigenvalue weighted by molar-refractivity contribution is 0.174. The highest BCUT2D eigenvalue weighted by Gasteiger charge is 2.13. The van der Waals surface area contributed by atoms with Crippen LogP contribution in [-0.4, -0.2) is 6.79 Å². The van der Waals surface area contributed by atoms with Crippen molar-refractivity contribution in [1.82, 2.24) is 0 Å². The van der Waals surface area contributed by atoms with E-state index >= 15 is 0 Å². The van der Waals surface area contributed by atoms with Crippen LogP contribution in [0.25, 0.3) is 11.6 Å². The molecule has 0 N–H and O–H groups in total. The molecular formula is C16H9Cl2NO2. The van der Waals surface area contributed by atoms with Crippen LogP contribution in [0.5, 0.6) is 11.5 Å². The van der Waals surface area contributed by atoms with Gasteiger partial charge < -0.3 is 9.47 Å². The normalized spacial score (nSPS) is 13.1. The molecule has 0 unspecified atom stereocenters. The van der Waals surface area contributed by atoms with Gasteiger partial charge in [-0.05, 0) is 35.9 Å². The van der Waals surface area contributed by atoms with Gasteiger partial charge in [-0.1, -0.05) is 35.3 Å². The molecule has 0 fully saturated rings. The summed E-state index contributed by atoms with van der Waals surface area (Å²) >= 11 is 12.0. The van der Waals surface area contributed by atoms with Gasteiger partial charge >= 0.3 is 0 Å². The molecule has 2 aromatic rings. The van der Waals surface area contributed by atoms with Crippen molar-refractivity contribution in [2.24, 2.45) is 0 Å². The first-order valence-corrected chi connectivity index (χ1v) is 6.90. The number of nitrogens with zero attached hydrogens (tertiary/aromatic N) is 1. The van der Waals surface area contributed by atoms with E-state index in [1.54, 1.807) is 24.3 Å². The van der Waals surface area contributed by atoms with Gasteiger partial charge in [0.05, 0.1) is 16.7 Å². The van der Waals surface area contributed by atoms with Crippen molar-refractivity contribution in [1.29, 1.82) is 5.26 Å². The van der Waals surface area contributed by atoms with Crippen LogP contribution >= 0.6 is 23.2 Å². The van der Waals surface area contributed by atoms with E-state index in [2.05, 4.69) is 6.07 Å². The lowest BCUT2D eigenvalue weighted by Gasteiger charge is -2.04. The average Bonchev–Trinajstić information content (AvgIpc) is 2.93. The van der Waals surface area contributed by atoms with Gasteiger partial charge in [0.25, 0.3) is 0 Å². The van der Waals surface area contributed by atoms with E-state index in [1.807, 2.05) is 18.2 Å². The summed E-state index contributed by atoms with van der Waals surface area (Å²) in [4.78, 5) is 0. The Labute approximate surface area is 131 Å². The zero-order chi connectivity index (χ0) is 14.8. The zero-order valence-electron chi connectivity index (χ0n) is 10.8. The van der Waals surface area contributed by atoms with Gasteiger partial charge in [0, 0.05) is 10.6 Å². The highest BCUT2D eigenvalue weighted by atomic mass is 35.5. The van der Waals surface area contributed by atoms with Crippen LogP contribution in [0, 0.1) is 11.3 Å². The standard InChI is InChI=1S/C16H9Cl2NO2/c17-12-2-3-13(14(18)7-12)11(8-19)5-10-1-4-15-16(6-10)21-9-20-15/h1-7H,9H2/b11-5+. The first-order valence-electron chi connectivity index (χ1n) is 6.14. The van der Waals surface area contributed by atoms with E-state index in [9.17, 15) is 5.26 Å². The lowest BCUT2D eigenvalue weighted by atomic mass is 10.0. The van der Waals surface area contributed by atoms with Gasteiger partial charge in [-0.15, -0.1) is 0 Å². The number of ether oxygens (including phenoxy) is 2. The number of hydrogen-bond donors (Lipinski definition) is 0. The first kappa shape index (κ1) is 13.8. The highest BCUT2D eigenvalue weighted by Crippen LogP contribution is 2.34. The summed E-state index contributed by atoms with van der Waals surface area (Å²) in [6.07, 6.45) is 1.75. The molecule has 1 aliphatic heterocycles. The van der Waals surface area contributed by atoms with Crippen molar-refractivity contribution in [3.63, 3.8) is 0 Å². The maximum absolute atomic E-state index is 9.36. The summed E-state index contributed by atoms with van der Waals surface area (Å²) in [7, 11) is 0. The molecule has 3 rings (SSSR count). The number of rotatable bonds is 2. The molecule has 3 nitrogen and oxygen atoms in total. The number of hydrogen-bond acceptors (Lipinski definition) is 3. The third-order valence-electron chi connectivity index (χ3n) is 3.05. The lowest BCUT2D eigenvalue weighted by Crippen LogP contribution is -1.92. The zero-order valence-corrected chi connectivity index (χ0v) is 12.3. The van der Waals surface area contributed by atoms with Crippen molar-refractivity contribution in [3.05, 3.63) is 57.6 Å². The van der Waals surface area contributed by atoms with Crippen molar-refractivity contribution < 1.29 is 9.47 Å². The number of allylic oxidation sites excluding steroid dienone is 1. The summed E-state index contributed by atoms with van der Waals surface area (Å²) in [6.45, 7) is 0.219. The monoisotopic (exact) mass is 317 g/mol. The summed E-state index contributed by atoms with van der Waals surface area (Å²) in [5, 5.41) is 10.3. The average molecular weight is 318 g/mol. The molecule has 0 atom stereocenters. The van der Waals surface area contributed by atoms with E-state index < -0.39 is 0 Å². The SMILES string of the molecule is N#C/C(=C\c1ccc2c(c1)OCO2)c1ccc(Cl)cc1Cl. The van der Waals surface area contributed by atoms with Crippen LogP contribution in [0.15, 0.2) is 36.4 Å². The van der Waals surface area contributed by atoms with E-state index in [1.165, 1.54) is 0 Å². The Hall–Kier alpha value is -2.15. The van der Waals surface area contributed by atoms with Crippen LogP contribution in [0.2, 0.25) is 10.0 Å². The van der Waals surface area contributed by atoms with Gasteiger partial charge in [0.2, 0.25) is 6.79 Å². The Balaban J connectivity index is 2.01. The molecule has 1 heterocycles. The molecule has 0 saturated carbocycles. The van der Waals surface area contributed by atoms with Crippen LogP contribution < -0.4 is 9.47 Å². The molecular weight excluding hydrogens is 309 g/mol. The van der Waals surface area contributed by atoms with Crippen molar-refractivity contribution in [2.75, 3.05) is 6.79 Å². The van der Waals surface area contributed by atoms with E-state index in [0.29, 0.717) is 32.7 Å². The minimum absolute atomic E-state index is 0.219. The molecule has 21 heavy (non-hydrogen) atoms. The Morgan fingerprint density at radius 3 is 2.67 bits per heavy atom. The summed E-state index contributed by atoms with van der Waals surface area (Å²) < 4.78 is 10.6. The van der Waals surface area contributed by atoms with Crippen molar-refractivity contribution in [3.8, 4) is 17.6 Å². The van der Waals surface area contributed by atoms with Crippen LogP contribution in [0.1, 0.15) is 11.1 Å². The molecule has 0 aliphatic carbocycles. The van der Waals surface area contributed by atoms with E-state index in [-0.39, 0.29) is 6.79 Å². The molecule has 0 spiro atoms. The summed E-state index contributed by atoms with van der Waals surface area (Å²) in [6, 6.07) is 12.7. The van der Waals surface area contributed by atoms with Crippen LogP contribution in [-0.2, 0) is 0 Å². The maximum atomic E-state index is 9.36. The quantitative estimate of drug-likeness (QED) is 0.591. The van der Waals surface area contributed by atoms with Gasteiger partial charge in [0.1, 0.15) is 0 Å². The predicted molar refractivity (Wildman–Crippen MR) is 82.5 cm³/mol. The highest BCUT2D eigenvalue weighted by molar-refractivity contribution is 6.36. The third-order valence-corrected chi connectivity index (χ3v) is 3.60. The molecule has 0 aromatic heterocycles. The summed E-state index contributed by atoms with van der Waals surface area (Å²) in [5.74, 6) is 1.37. The first-order chi connectivity index (χ1) is 10.2. The minimum atomic E-state index is 0.219. The predicted octanol–water partition coefficient (Wildman–Crippen LogP) is 4.79. The minimum Gasteiger partial charge on any atom is -0.454 e. The van der Waals surface area contributed by atoms with Gasteiger partial charge in [-0.2, -0.15) is 5.26 Å². The van der Waals surface area contributed by atoms with Crippen molar-refractivity contribution in [2.45, 2.75) is 0 Å². The van der Waals surface area contributed by atoms with Gasteiger partial charge in [-0.3, -0.25) is 0 Å². The number of nitriles is 1. The molecule has 5 heteroatoms. The van der Waals surface area contributed by atoms with Crippen LogP contribution in [0.4, 0.5) is 0 Å². The molecule has 2 aromatic carbocycles. The van der Waals surface area contributed by atoms with E-state index in [0.717, 1.165) is 5.56 Å². The van der Waals surface area contributed by atoms with E-state index in [4.69, 9.17) is 32.7 Å². The number of benzene rings is 2. The largest absolute Gasteiger partial charge is 0.454 e. The Morgan fingerprint density at radius 1 is 1.10 bits per heavy atom. The number of halogens is 2. The molecule has 0 saturated heterocycles. The van der Waals surface area contributed by atoms with Gasteiger partial charge in [0.15, 0.2) is 11.5 Å². The Kier molecular flexibility index (Phi) is 3.74. The second kappa shape index (κ2) is 5.69. The topological polar surface area (TPSA) is 42.2 Å². The smallest absolute Gasteiger partial charge is 0.231 e. The fraction of sp³-hybridized carbons (Fsp3) is 0.0625. The fourth-order valence-electron chi connectivity index (χ4n) is 2.05. The molecule has 104 valence electrons. The Morgan fingerprint density at radius 2 is 1.90 bits per heavy atom. The van der Waals surface area contributed by atoms with Crippen molar-refractivity contribution >= 4 is 34.9 Å². The maximum Gasteiger partial charge on any atom is 0.231 e. The fourth-order valence-corrected chi connectivity index (χ4v) is 2.56. The molecule has 0 bridgehead atoms. The molecule has 0 radical (unpaired) electrons. The number of fused-ring (bicyclic) bond motifs is 1. The second-order valence-corrected chi connectivity index (χ2v) is 5.25. The second-order valence-electron chi connectivity index (χ2n) is 4.41.